The van der Waals surface area contributed by atoms with Crippen molar-refractivity contribution in [2.45, 2.75) is 13.0 Å². The highest BCUT2D eigenvalue weighted by Gasteiger charge is 2.24. The summed E-state index contributed by atoms with van der Waals surface area (Å²) in [5.41, 5.74) is 3.33. The van der Waals surface area contributed by atoms with Gasteiger partial charge in [0.15, 0.2) is 22.9 Å². The molecule has 2 aromatic carbocycles. The van der Waals surface area contributed by atoms with E-state index in [0.29, 0.717) is 35.9 Å². The zero-order valence-electron chi connectivity index (χ0n) is 16.9. The van der Waals surface area contributed by atoms with Crippen LogP contribution in [0.4, 0.5) is 5.69 Å². The van der Waals surface area contributed by atoms with Crippen molar-refractivity contribution in [1.82, 2.24) is 4.90 Å². The lowest BCUT2D eigenvalue weighted by atomic mass is 9.99. The average molecular weight is 416 g/mol. The minimum absolute atomic E-state index is 0.138. The number of hydrogen-bond donors (Lipinski definition) is 1. The summed E-state index contributed by atoms with van der Waals surface area (Å²) in [6, 6.07) is 16.3. The summed E-state index contributed by atoms with van der Waals surface area (Å²) in [5.74, 6) is 0.616. The van der Waals surface area contributed by atoms with Gasteiger partial charge in [-0.2, -0.15) is 0 Å². The van der Waals surface area contributed by atoms with Crippen LogP contribution in [0.1, 0.15) is 32.2 Å². The summed E-state index contributed by atoms with van der Waals surface area (Å²) in [6.45, 7) is 1.08. The molecule has 1 N–H and O–H groups in total. The summed E-state index contributed by atoms with van der Waals surface area (Å²) in [4.78, 5) is 27.1. The molecule has 156 valence electrons. The Morgan fingerprint density at radius 1 is 1.03 bits per heavy atom. The number of furan rings is 2. The fraction of sp³-hybridized carbons (Fsp3) is 0.167. The van der Waals surface area contributed by atoms with Crippen LogP contribution in [0, 0.1) is 0 Å². The maximum absolute atomic E-state index is 12.8. The lowest BCUT2D eigenvalue weighted by Gasteiger charge is -2.28. The monoisotopic (exact) mass is 416 g/mol. The van der Waals surface area contributed by atoms with E-state index in [4.69, 9.17) is 13.6 Å². The summed E-state index contributed by atoms with van der Waals surface area (Å²) in [6.07, 6.45) is 2.24. The number of nitrogens with one attached hydrogen (secondary N) is 1. The molecule has 0 unspecified atom stereocenters. The van der Waals surface area contributed by atoms with Crippen LogP contribution in [0.15, 0.2) is 69.7 Å². The molecule has 0 fully saturated rings. The molecule has 2 aromatic heterocycles. The van der Waals surface area contributed by atoms with Gasteiger partial charge in [-0.25, -0.2) is 0 Å². The van der Waals surface area contributed by atoms with E-state index < -0.39 is 0 Å². The van der Waals surface area contributed by atoms with E-state index in [1.54, 1.807) is 36.3 Å². The van der Waals surface area contributed by atoms with E-state index in [1.165, 1.54) is 6.26 Å². The van der Waals surface area contributed by atoms with Gasteiger partial charge >= 0.3 is 0 Å². The number of amides is 2. The van der Waals surface area contributed by atoms with Crippen LogP contribution < -0.4 is 10.1 Å². The Balaban J connectivity index is 1.35. The second kappa shape index (κ2) is 7.68. The van der Waals surface area contributed by atoms with E-state index in [-0.39, 0.29) is 17.6 Å². The fourth-order valence-electron chi connectivity index (χ4n) is 3.87. The van der Waals surface area contributed by atoms with Gasteiger partial charge < -0.3 is 23.8 Å². The molecule has 5 rings (SSSR count). The normalized spacial score (nSPS) is 13.1. The molecule has 0 radical (unpaired) electrons. The number of benzene rings is 2. The van der Waals surface area contributed by atoms with Crippen LogP contribution in [0.25, 0.3) is 11.0 Å². The Morgan fingerprint density at radius 3 is 2.74 bits per heavy atom. The van der Waals surface area contributed by atoms with E-state index in [2.05, 4.69) is 5.32 Å². The maximum Gasteiger partial charge on any atom is 0.291 e. The van der Waals surface area contributed by atoms with Gasteiger partial charge in [-0.3, -0.25) is 9.59 Å². The number of fused-ring (bicyclic) bond motifs is 2. The molecule has 0 aliphatic carbocycles. The zero-order chi connectivity index (χ0) is 21.4. The Hall–Kier alpha value is -4.00. The zero-order valence-corrected chi connectivity index (χ0v) is 16.9. The number of methoxy groups -OCH3 is 1. The van der Waals surface area contributed by atoms with Crippen LogP contribution in [0.3, 0.4) is 0 Å². The van der Waals surface area contributed by atoms with Gasteiger partial charge in [0.25, 0.3) is 11.8 Å². The minimum Gasteiger partial charge on any atom is -0.493 e. The van der Waals surface area contributed by atoms with Crippen molar-refractivity contribution < 1.29 is 23.2 Å². The molecule has 3 heterocycles. The number of nitrogens with zero attached hydrogens (tertiary/aromatic N) is 1. The fourth-order valence-corrected chi connectivity index (χ4v) is 3.87. The van der Waals surface area contributed by atoms with Crippen molar-refractivity contribution in [3.8, 4) is 5.75 Å². The second-order valence-electron chi connectivity index (χ2n) is 7.38. The predicted molar refractivity (Wildman–Crippen MR) is 114 cm³/mol. The average Bonchev–Trinajstić information content (AvgIpc) is 3.48. The summed E-state index contributed by atoms with van der Waals surface area (Å²) < 4.78 is 16.3. The van der Waals surface area contributed by atoms with Gasteiger partial charge in [-0.15, -0.1) is 0 Å². The molecule has 7 heteroatoms. The molecule has 0 saturated heterocycles. The Bertz CT molecular complexity index is 1270. The molecular formula is C24H20N2O5. The number of anilines is 1. The third-order valence-corrected chi connectivity index (χ3v) is 5.45. The third kappa shape index (κ3) is 3.54. The van der Waals surface area contributed by atoms with Gasteiger partial charge in [0.1, 0.15) is 0 Å². The van der Waals surface area contributed by atoms with E-state index in [9.17, 15) is 9.59 Å². The first-order chi connectivity index (χ1) is 15.1. The number of ether oxygens (including phenoxy) is 1. The highest BCUT2D eigenvalue weighted by molar-refractivity contribution is 6.05. The van der Waals surface area contributed by atoms with Crippen molar-refractivity contribution in [3.05, 3.63) is 83.5 Å². The number of para-hydroxylation sites is 1. The molecule has 7 nitrogen and oxygen atoms in total. The molecule has 0 spiro atoms. The molecule has 1 aliphatic heterocycles. The summed E-state index contributed by atoms with van der Waals surface area (Å²) in [5, 5.41) is 3.68. The first-order valence-electron chi connectivity index (χ1n) is 9.95. The van der Waals surface area contributed by atoms with Crippen LogP contribution in [-0.4, -0.2) is 30.4 Å². The molecule has 0 atom stereocenters. The highest BCUT2D eigenvalue weighted by atomic mass is 16.5. The highest BCUT2D eigenvalue weighted by Crippen LogP contribution is 2.29. The van der Waals surface area contributed by atoms with Crippen molar-refractivity contribution in [2.75, 3.05) is 19.0 Å². The topological polar surface area (TPSA) is 84.9 Å². The first-order valence-corrected chi connectivity index (χ1v) is 9.95. The van der Waals surface area contributed by atoms with E-state index >= 15 is 0 Å². The van der Waals surface area contributed by atoms with Crippen LogP contribution in [-0.2, 0) is 13.0 Å². The Morgan fingerprint density at radius 2 is 1.94 bits per heavy atom. The summed E-state index contributed by atoms with van der Waals surface area (Å²) in [7, 11) is 1.56. The molecular weight excluding hydrogens is 396 g/mol. The lowest BCUT2D eigenvalue weighted by Crippen LogP contribution is -2.35. The lowest BCUT2D eigenvalue weighted by molar-refractivity contribution is 0.0702. The summed E-state index contributed by atoms with van der Waals surface area (Å²) >= 11 is 0. The van der Waals surface area contributed by atoms with Crippen molar-refractivity contribution >= 4 is 28.5 Å². The molecule has 0 saturated carbocycles. The SMILES string of the molecule is COc1cccc2cc(C(=O)Nc3ccc4c(c3)CN(C(=O)c3ccco3)CC4)oc12. The first kappa shape index (κ1) is 19.0. The second-order valence-corrected chi connectivity index (χ2v) is 7.38. The van der Waals surface area contributed by atoms with Crippen molar-refractivity contribution in [3.63, 3.8) is 0 Å². The standard InChI is InChI=1S/C24H20N2O5/c1-29-19-5-2-4-16-13-21(31-22(16)19)23(27)25-18-8-7-15-9-10-26(14-17(15)12-18)24(28)20-6-3-11-30-20/h2-8,11-13H,9-10,14H2,1H3,(H,25,27). The number of hydrogen-bond acceptors (Lipinski definition) is 5. The number of carbonyl (C=O) groups is 2. The van der Waals surface area contributed by atoms with Crippen LogP contribution in [0.2, 0.25) is 0 Å². The van der Waals surface area contributed by atoms with Crippen molar-refractivity contribution in [1.29, 1.82) is 0 Å². The van der Waals surface area contributed by atoms with Gasteiger partial charge in [0.05, 0.1) is 13.4 Å². The predicted octanol–water partition coefficient (Wildman–Crippen LogP) is 4.49. The van der Waals surface area contributed by atoms with Crippen LogP contribution >= 0.6 is 0 Å². The van der Waals surface area contributed by atoms with Crippen molar-refractivity contribution in [2.24, 2.45) is 0 Å². The largest absolute Gasteiger partial charge is 0.493 e. The number of rotatable bonds is 4. The molecule has 31 heavy (non-hydrogen) atoms. The van der Waals surface area contributed by atoms with E-state index in [1.807, 2.05) is 30.3 Å². The molecule has 1 aliphatic rings. The van der Waals surface area contributed by atoms with E-state index in [0.717, 1.165) is 22.9 Å². The van der Waals surface area contributed by atoms with Gasteiger partial charge in [-0.1, -0.05) is 18.2 Å². The molecule has 0 bridgehead atoms. The Labute approximate surface area is 178 Å². The smallest absolute Gasteiger partial charge is 0.291 e. The third-order valence-electron chi connectivity index (χ3n) is 5.45. The van der Waals surface area contributed by atoms with Gasteiger partial charge in [-0.05, 0) is 53.9 Å². The minimum atomic E-state index is -0.350. The Kier molecular flexibility index (Phi) is 4.71. The quantitative estimate of drug-likeness (QED) is 0.530. The molecule has 2 amide bonds. The van der Waals surface area contributed by atoms with Gasteiger partial charge in [0.2, 0.25) is 0 Å². The molecule has 4 aromatic rings. The number of carbonyl (C=O) groups excluding carboxylic acids is 2. The van der Waals surface area contributed by atoms with Crippen LogP contribution in [0.5, 0.6) is 5.75 Å². The van der Waals surface area contributed by atoms with Gasteiger partial charge in [0, 0.05) is 24.2 Å². The maximum atomic E-state index is 12.8.